The Hall–Kier alpha value is -0.980. The van der Waals surface area contributed by atoms with E-state index < -0.39 is 32.2 Å². The van der Waals surface area contributed by atoms with Crippen LogP contribution < -0.4 is 5.73 Å². The molecule has 1 aliphatic rings. The van der Waals surface area contributed by atoms with Crippen LogP contribution >= 0.6 is 0 Å². The van der Waals surface area contributed by atoms with E-state index in [1.54, 1.807) is 6.07 Å². The summed E-state index contributed by atoms with van der Waals surface area (Å²) in [5, 5.41) is 8.72. The molecule has 1 aliphatic carbocycles. The van der Waals surface area contributed by atoms with E-state index in [2.05, 4.69) is 0 Å². The summed E-state index contributed by atoms with van der Waals surface area (Å²) in [6.07, 6.45) is 1.12. The van der Waals surface area contributed by atoms with E-state index in [0.29, 0.717) is 5.56 Å². The van der Waals surface area contributed by atoms with Crippen LogP contribution in [0, 0.1) is 11.2 Å². The van der Waals surface area contributed by atoms with Gasteiger partial charge in [-0.05, 0) is 17.7 Å². The van der Waals surface area contributed by atoms with Crippen molar-refractivity contribution in [2.45, 2.75) is 11.2 Å². The van der Waals surface area contributed by atoms with Crippen LogP contribution in [0.15, 0.2) is 24.3 Å². The van der Waals surface area contributed by atoms with Crippen molar-refractivity contribution in [1.29, 1.82) is 0 Å². The van der Waals surface area contributed by atoms with E-state index in [1.807, 2.05) is 0 Å². The average Bonchev–Trinajstić information content (AvgIpc) is 2.98. The van der Waals surface area contributed by atoms with Gasteiger partial charge in [0.2, 0.25) is 0 Å². The van der Waals surface area contributed by atoms with Gasteiger partial charge in [0.15, 0.2) is 9.84 Å². The second-order valence-electron chi connectivity index (χ2n) is 4.88. The largest absolute Gasteiger partial charge is 0.396 e. The minimum Gasteiger partial charge on any atom is -0.396 e. The molecule has 0 radical (unpaired) electrons. The lowest BCUT2D eigenvalue weighted by molar-refractivity contribution is 0.212. The minimum atomic E-state index is -3.33. The second-order valence-corrected chi connectivity index (χ2v) is 7.05. The van der Waals surface area contributed by atoms with E-state index in [-0.39, 0.29) is 13.2 Å². The molecule has 3 N–H and O–H groups in total. The van der Waals surface area contributed by atoms with Gasteiger partial charge in [-0.2, -0.15) is 0 Å². The SMILES string of the molecule is CS(=O)(=O)[C@@H]1[C@H](c2cccc(F)c2)[C@@]1(CN)CO. The lowest BCUT2D eigenvalue weighted by Gasteiger charge is -2.11. The highest BCUT2D eigenvalue weighted by Gasteiger charge is 2.68. The molecule has 0 unspecified atom stereocenters. The highest BCUT2D eigenvalue weighted by molar-refractivity contribution is 7.91. The van der Waals surface area contributed by atoms with Gasteiger partial charge in [0.05, 0.1) is 11.9 Å². The van der Waals surface area contributed by atoms with Gasteiger partial charge in [0, 0.05) is 24.1 Å². The van der Waals surface area contributed by atoms with Crippen molar-refractivity contribution < 1.29 is 17.9 Å². The zero-order valence-corrected chi connectivity index (χ0v) is 10.8. The van der Waals surface area contributed by atoms with Crippen LogP contribution in [-0.2, 0) is 9.84 Å². The molecule has 6 heteroatoms. The molecule has 1 aromatic carbocycles. The molecule has 0 spiro atoms. The predicted molar refractivity (Wildman–Crippen MR) is 66.3 cm³/mol. The molecular formula is C12H16FNO3S. The molecule has 0 aliphatic heterocycles. The van der Waals surface area contributed by atoms with Crippen LogP contribution in [-0.4, -0.2) is 38.2 Å². The normalized spacial score (nSPS) is 31.3. The first-order valence-corrected chi connectivity index (χ1v) is 7.57. The molecule has 0 aromatic heterocycles. The number of benzene rings is 1. The van der Waals surface area contributed by atoms with E-state index in [9.17, 15) is 17.9 Å². The van der Waals surface area contributed by atoms with Crippen molar-refractivity contribution in [1.82, 2.24) is 0 Å². The quantitative estimate of drug-likeness (QED) is 0.825. The van der Waals surface area contributed by atoms with Gasteiger partial charge in [-0.25, -0.2) is 12.8 Å². The molecule has 0 heterocycles. The molecule has 0 saturated heterocycles. The molecule has 100 valence electrons. The summed E-state index contributed by atoms with van der Waals surface area (Å²) >= 11 is 0. The molecule has 1 aromatic rings. The van der Waals surface area contributed by atoms with E-state index >= 15 is 0 Å². The summed E-state index contributed by atoms with van der Waals surface area (Å²) in [5.74, 6) is -0.853. The van der Waals surface area contributed by atoms with Gasteiger partial charge in [-0.3, -0.25) is 0 Å². The summed E-state index contributed by atoms with van der Waals surface area (Å²) in [6.45, 7) is -0.259. The zero-order chi connectivity index (χ0) is 13.6. The fourth-order valence-corrected chi connectivity index (χ4v) is 4.84. The molecule has 1 saturated carbocycles. The lowest BCUT2D eigenvalue weighted by Crippen LogP contribution is -2.27. The maximum atomic E-state index is 13.2. The Balaban J connectivity index is 2.45. The fourth-order valence-electron chi connectivity index (χ4n) is 2.83. The van der Waals surface area contributed by atoms with Crippen LogP contribution in [0.1, 0.15) is 11.5 Å². The number of halogens is 1. The summed E-state index contributed by atoms with van der Waals surface area (Å²) in [4.78, 5) is 0. The molecule has 4 nitrogen and oxygen atoms in total. The third kappa shape index (κ3) is 1.94. The van der Waals surface area contributed by atoms with Crippen LogP contribution in [0.2, 0.25) is 0 Å². The third-order valence-electron chi connectivity index (χ3n) is 3.72. The monoisotopic (exact) mass is 273 g/mol. The number of aliphatic hydroxyl groups is 1. The molecule has 3 atom stereocenters. The summed E-state index contributed by atoms with van der Waals surface area (Å²) in [6, 6.07) is 5.79. The van der Waals surface area contributed by atoms with Gasteiger partial charge in [-0.15, -0.1) is 0 Å². The molecule has 18 heavy (non-hydrogen) atoms. The van der Waals surface area contributed by atoms with Crippen LogP contribution in [0.5, 0.6) is 0 Å². The number of aliphatic hydroxyl groups excluding tert-OH is 1. The Bertz CT molecular complexity index is 554. The van der Waals surface area contributed by atoms with Crippen molar-refractivity contribution in [3.05, 3.63) is 35.6 Å². The average molecular weight is 273 g/mol. The number of rotatable bonds is 4. The molecule has 0 amide bonds. The Kier molecular flexibility index (Phi) is 3.21. The van der Waals surface area contributed by atoms with Gasteiger partial charge in [0.1, 0.15) is 5.82 Å². The Morgan fingerprint density at radius 1 is 1.50 bits per heavy atom. The number of sulfone groups is 1. The molecule has 2 rings (SSSR count). The summed E-state index contributed by atoms with van der Waals surface area (Å²) in [7, 11) is -3.33. The first-order valence-electron chi connectivity index (χ1n) is 5.62. The van der Waals surface area contributed by atoms with Crippen molar-refractivity contribution in [3.63, 3.8) is 0 Å². The number of hydrogen-bond acceptors (Lipinski definition) is 4. The van der Waals surface area contributed by atoms with Crippen molar-refractivity contribution in [2.75, 3.05) is 19.4 Å². The van der Waals surface area contributed by atoms with Crippen molar-refractivity contribution in [3.8, 4) is 0 Å². The van der Waals surface area contributed by atoms with Crippen LogP contribution in [0.4, 0.5) is 4.39 Å². The highest BCUT2D eigenvalue weighted by Crippen LogP contribution is 2.61. The van der Waals surface area contributed by atoms with E-state index in [1.165, 1.54) is 18.2 Å². The highest BCUT2D eigenvalue weighted by atomic mass is 32.2. The van der Waals surface area contributed by atoms with E-state index in [0.717, 1.165) is 6.26 Å². The maximum Gasteiger partial charge on any atom is 0.151 e. The summed E-state index contributed by atoms with van der Waals surface area (Å²) < 4.78 is 36.7. The first-order chi connectivity index (χ1) is 8.36. The Morgan fingerprint density at radius 3 is 2.56 bits per heavy atom. The molecular weight excluding hydrogens is 257 g/mol. The number of nitrogens with two attached hydrogens (primary N) is 1. The lowest BCUT2D eigenvalue weighted by atomic mass is 10.00. The smallest absolute Gasteiger partial charge is 0.151 e. The fraction of sp³-hybridized carbons (Fsp3) is 0.500. The maximum absolute atomic E-state index is 13.2. The molecule has 1 fully saturated rings. The van der Waals surface area contributed by atoms with Crippen molar-refractivity contribution in [2.24, 2.45) is 11.1 Å². The van der Waals surface area contributed by atoms with Gasteiger partial charge in [0.25, 0.3) is 0 Å². The molecule has 0 bridgehead atoms. The second kappa shape index (κ2) is 4.29. The first kappa shape index (κ1) is 13.5. The zero-order valence-electron chi connectivity index (χ0n) is 10.0. The van der Waals surface area contributed by atoms with Crippen LogP contribution in [0.3, 0.4) is 0 Å². The van der Waals surface area contributed by atoms with Crippen LogP contribution in [0.25, 0.3) is 0 Å². The standard InChI is InChI=1S/C12H16FNO3S/c1-18(16,17)11-10(12(11,6-14)7-15)8-3-2-4-9(13)5-8/h2-5,10-11,15H,6-7,14H2,1H3/t10-,11+,12+/m0/s1. The predicted octanol–water partition coefficient (Wildman–Crippen LogP) is 0.274. The third-order valence-corrected chi connectivity index (χ3v) is 5.39. The number of hydrogen-bond donors (Lipinski definition) is 2. The van der Waals surface area contributed by atoms with Gasteiger partial charge in [-0.1, -0.05) is 12.1 Å². The van der Waals surface area contributed by atoms with Gasteiger partial charge < -0.3 is 10.8 Å². The topological polar surface area (TPSA) is 80.4 Å². The Morgan fingerprint density at radius 2 is 2.17 bits per heavy atom. The summed E-state index contributed by atoms with van der Waals surface area (Å²) in [5.41, 5.74) is 5.31. The van der Waals surface area contributed by atoms with Crippen molar-refractivity contribution >= 4 is 9.84 Å². The van der Waals surface area contributed by atoms with Gasteiger partial charge >= 0.3 is 0 Å². The van der Waals surface area contributed by atoms with E-state index in [4.69, 9.17) is 5.73 Å². The Labute approximate surface area is 106 Å². The minimum absolute atomic E-state index is 0.0580.